The summed E-state index contributed by atoms with van der Waals surface area (Å²) in [7, 11) is 0. The van der Waals surface area contributed by atoms with Crippen molar-refractivity contribution in [1.29, 1.82) is 0 Å². The molecule has 0 unspecified atom stereocenters. The van der Waals surface area contributed by atoms with Gasteiger partial charge in [0.2, 0.25) is 0 Å². The molecule has 0 bridgehead atoms. The summed E-state index contributed by atoms with van der Waals surface area (Å²) in [5.41, 5.74) is 0.0364. The average molecular weight is 216 g/mol. The molecule has 1 aliphatic heterocycles. The summed E-state index contributed by atoms with van der Waals surface area (Å²) in [5, 5.41) is 0.399. The summed E-state index contributed by atoms with van der Waals surface area (Å²) >= 11 is 1.37. The summed E-state index contributed by atoms with van der Waals surface area (Å²) in [6.45, 7) is 3.83. The summed E-state index contributed by atoms with van der Waals surface area (Å²) < 4.78 is 9.93. The van der Waals surface area contributed by atoms with Gasteiger partial charge >= 0.3 is 5.97 Å². The Morgan fingerprint density at radius 3 is 2.71 bits per heavy atom. The number of ether oxygens (including phenoxy) is 2. The molecule has 0 amide bonds. The first-order chi connectivity index (χ1) is 6.66. The summed E-state index contributed by atoms with van der Waals surface area (Å²) in [5.74, 6) is -0.136. The van der Waals surface area contributed by atoms with Crippen LogP contribution in [-0.4, -0.2) is 30.7 Å². The zero-order valence-electron chi connectivity index (χ0n) is 8.16. The molecule has 0 aromatic rings. The number of hydrogen-bond donors (Lipinski definition) is 0. The number of rotatable bonds is 3. The Morgan fingerprint density at radius 2 is 2.29 bits per heavy atom. The van der Waals surface area contributed by atoms with Crippen molar-refractivity contribution in [3.05, 3.63) is 10.7 Å². The Hall–Kier alpha value is -0.970. The van der Waals surface area contributed by atoms with Gasteiger partial charge in [-0.15, -0.1) is 0 Å². The number of carbonyl (C=O) groups is 2. The Morgan fingerprint density at radius 1 is 1.57 bits per heavy atom. The SMILES string of the molecule is CCOC(=O)/C(C(C)=O)=C1\OCCS1. The first-order valence-electron chi connectivity index (χ1n) is 4.34. The van der Waals surface area contributed by atoms with Crippen molar-refractivity contribution in [1.82, 2.24) is 0 Å². The van der Waals surface area contributed by atoms with E-state index in [0.29, 0.717) is 11.7 Å². The van der Waals surface area contributed by atoms with Gasteiger partial charge in [0.25, 0.3) is 0 Å². The molecule has 0 atom stereocenters. The summed E-state index contributed by atoms with van der Waals surface area (Å²) in [6.07, 6.45) is 0. The number of ketones is 1. The normalized spacial score (nSPS) is 18.7. The van der Waals surface area contributed by atoms with Crippen molar-refractivity contribution < 1.29 is 19.1 Å². The van der Waals surface area contributed by atoms with Gasteiger partial charge in [0.1, 0.15) is 0 Å². The highest BCUT2D eigenvalue weighted by atomic mass is 32.2. The van der Waals surface area contributed by atoms with E-state index in [1.165, 1.54) is 18.7 Å². The zero-order chi connectivity index (χ0) is 10.6. The van der Waals surface area contributed by atoms with E-state index in [1.54, 1.807) is 6.92 Å². The van der Waals surface area contributed by atoms with Crippen LogP contribution in [0.4, 0.5) is 0 Å². The van der Waals surface area contributed by atoms with Crippen LogP contribution in [0.1, 0.15) is 13.8 Å². The first kappa shape index (κ1) is 11.1. The van der Waals surface area contributed by atoms with E-state index < -0.39 is 5.97 Å². The number of carbonyl (C=O) groups excluding carboxylic acids is 2. The molecule has 1 fully saturated rings. The highest BCUT2D eigenvalue weighted by molar-refractivity contribution is 8.03. The Labute approximate surface area is 86.6 Å². The monoisotopic (exact) mass is 216 g/mol. The fourth-order valence-corrected chi connectivity index (χ4v) is 1.92. The van der Waals surface area contributed by atoms with Crippen LogP contribution in [0.25, 0.3) is 0 Å². The van der Waals surface area contributed by atoms with Crippen LogP contribution in [0.5, 0.6) is 0 Å². The van der Waals surface area contributed by atoms with Crippen molar-refractivity contribution in [2.45, 2.75) is 13.8 Å². The van der Waals surface area contributed by atoms with E-state index >= 15 is 0 Å². The Balaban J connectivity index is 2.88. The van der Waals surface area contributed by atoms with E-state index in [-0.39, 0.29) is 18.0 Å². The van der Waals surface area contributed by atoms with Crippen LogP contribution in [0.2, 0.25) is 0 Å². The lowest BCUT2D eigenvalue weighted by molar-refractivity contribution is -0.140. The van der Waals surface area contributed by atoms with Gasteiger partial charge in [0, 0.05) is 5.75 Å². The highest BCUT2D eigenvalue weighted by Crippen LogP contribution is 2.28. The van der Waals surface area contributed by atoms with Crippen LogP contribution >= 0.6 is 11.8 Å². The maximum atomic E-state index is 11.4. The topological polar surface area (TPSA) is 52.6 Å². The third kappa shape index (κ3) is 2.51. The molecule has 0 aliphatic carbocycles. The lowest BCUT2D eigenvalue weighted by Gasteiger charge is -2.05. The van der Waals surface area contributed by atoms with E-state index in [4.69, 9.17) is 9.47 Å². The number of Topliss-reactive ketones (excluding diaryl/α,β-unsaturated/α-hetero) is 1. The molecule has 0 aromatic heterocycles. The van der Waals surface area contributed by atoms with Gasteiger partial charge in [0.05, 0.1) is 13.2 Å². The average Bonchev–Trinajstić information content (AvgIpc) is 2.57. The molecule has 0 spiro atoms. The number of esters is 1. The molecule has 0 radical (unpaired) electrons. The van der Waals surface area contributed by atoms with Gasteiger partial charge in [-0.2, -0.15) is 0 Å². The lowest BCUT2D eigenvalue weighted by atomic mass is 10.2. The van der Waals surface area contributed by atoms with Crippen LogP contribution in [0.15, 0.2) is 10.7 Å². The Bertz CT molecular complexity index is 275. The first-order valence-corrected chi connectivity index (χ1v) is 5.33. The smallest absolute Gasteiger partial charge is 0.346 e. The van der Waals surface area contributed by atoms with Gasteiger partial charge in [-0.3, -0.25) is 4.79 Å². The highest BCUT2D eigenvalue weighted by Gasteiger charge is 2.25. The molecular weight excluding hydrogens is 204 g/mol. The number of thioether (sulfide) groups is 1. The Kier molecular flexibility index (Phi) is 4.00. The third-order valence-corrected chi connectivity index (χ3v) is 2.54. The molecule has 78 valence electrons. The lowest BCUT2D eigenvalue weighted by Crippen LogP contribution is -2.15. The van der Waals surface area contributed by atoms with Crippen LogP contribution in [0, 0.1) is 0 Å². The minimum Gasteiger partial charge on any atom is -0.485 e. The van der Waals surface area contributed by atoms with Crippen LogP contribution < -0.4 is 0 Å². The van der Waals surface area contributed by atoms with Crippen LogP contribution in [-0.2, 0) is 19.1 Å². The van der Waals surface area contributed by atoms with Crippen molar-refractivity contribution in [2.24, 2.45) is 0 Å². The van der Waals surface area contributed by atoms with E-state index in [0.717, 1.165) is 5.75 Å². The van der Waals surface area contributed by atoms with Crippen molar-refractivity contribution in [2.75, 3.05) is 19.0 Å². The second-order valence-electron chi connectivity index (χ2n) is 2.64. The zero-order valence-corrected chi connectivity index (χ0v) is 8.98. The fraction of sp³-hybridized carbons (Fsp3) is 0.556. The minimum absolute atomic E-state index is 0.0364. The van der Waals surface area contributed by atoms with Gasteiger partial charge < -0.3 is 9.47 Å². The largest absolute Gasteiger partial charge is 0.485 e. The fourth-order valence-electron chi connectivity index (χ4n) is 1.03. The summed E-state index contributed by atoms with van der Waals surface area (Å²) in [4.78, 5) is 22.6. The van der Waals surface area contributed by atoms with E-state index in [9.17, 15) is 9.59 Å². The van der Waals surface area contributed by atoms with Crippen molar-refractivity contribution >= 4 is 23.5 Å². The molecule has 1 saturated heterocycles. The second kappa shape index (κ2) is 5.05. The van der Waals surface area contributed by atoms with E-state index in [1.807, 2.05) is 0 Å². The van der Waals surface area contributed by atoms with Crippen molar-refractivity contribution in [3.63, 3.8) is 0 Å². The predicted molar refractivity (Wildman–Crippen MR) is 52.8 cm³/mol. The van der Waals surface area contributed by atoms with Crippen molar-refractivity contribution in [3.8, 4) is 0 Å². The molecule has 1 aliphatic rings. The third-order valence-electron chi connectivity index (χ3n) is 1.59. The molecule has 5 heteroatoms. The predicted octanol–water partition coefficient (Wildman–Crippen LogP) is 1.11. The number of hydrogen-bond acceptors (Lipinski definition) is 5. The van der Waals surface area contributed by atoms with Crippen LogP contribution in [0.3, 0.4) is 0 Å². The van der Waals surface area contributed by atoms with Gasteiger partial charge in [-0.05, 0) is 13.8 Å². The van der Waals surface area contributed by atoms with Gasteiger partial charge in [-0.25, -0.2) is 4.79 Å². The molecular formula is C9H12O4S. The molecule has 0 aromatic carbocycles. The molecule has 1 rings (SSSR count). The second-order valence-corrected chi connectivity index (χ2v) is 3.70. The molecule has 14 heavy (non-hydrogen) atoms. The molecule has 0 N–H and O–H groups in total. The molecule has 1 heterocycles. The van der Waals surface area contributed by atoms with Gasteiger partial charge in [0.15, 0.2) is 16.4 Å². The maximum Gasteiger partial charge on any atom is 0.346 e. The summed E-state index contributed by atoms with van der Waals surface area (Å²) in [6, 6.07) is 0. The molecule has 0 saturated carbocycles. The standard InChI is InChI=1S/C9H12O4S/c1-3-12-8(11)7(6(2)10)9-13-4-5-14-9/h3-5H2,1-2H3/b9-7+. The maximum absolute atomic E-state index is 11.4. The quantitative estimate of drug-likeness (QED) is 0.306. The molecule has 4 nitrogen and oxygen atoms in total. The van der Waals surface area contributed by atoms with E-state index in [2.05, 4.69) is 0 Å². The van der Waals surface area contributed by atoms with Gasteiger partial charge in [-0.1, -0.05) is 11.8 Å². The minimum atomic E-state index is -0.593.